The molecule has 0 aliphatic carbocycles. The van der Waals surface area contributed by atoms with Crippen molar-refractivity contribution in [1.29, 1.82) is 0 Å². The molecule has 2 N–H and O–H groups in total. The first-order valence-corrected chi connectivity index (χ1v) is 10.4. The number of unbranched alkanes of at least 4 members (excludes halogenated alkanes) is 1. The molecule has 142 valence electrons. The Morgan fingerprint density at radius 2 is 1.54 bits per heavy atom. The first-order chi connectivity index (χ1) is 12.6. The Labute approximate surface area is 159 Å². The van der Waals surface area contributed by atoms with Crippen molar-refractivity contribution in [2.45, 2.75) is 86.0 Å². The molecule has 0 aliphatic heterocycles. The second-order valence-corrected chi connectivity index (χ2v) is 6.99. The standard InChI is InChI=1S/C23H35N3/c1-6-11-13-19-18(9-4)20(10-5)26-23(21(19)24)22-17(8-3)16(12-7-2)14-15-25-22/h14-15H,6-13,24H2,1-5H3. The molecule has 26 heavy (non-hydrogen) atoms. The molecule has 0 spiro atoms. The zero-order chi connectivity index (χ0) is 19.1. The van der Waals surface area contributed by atoms with Crippen LogP contribution in [0, 0.1) is 0 Å². The smallest absolute Gasteiger partial charge is 0.112 e. The molecule has 0 radical (unpaired) electrons. The fraction of sp³-hybridized carbons (Fsp3) is 0.565. The summed E-state index contributed by atoms with van der Waals surface area (Å²) in [6.07, 6.45) is 10.4. The molecular formula is C23H35N3. The van der Waals surface area contributed by atoms with Crippen molar-refractivity contribution in [1.82, 2.24) is 9.97 Å². The predicted molar refractivity (Wildman–Crippen MR) is 113 cm³/mol. The van der Waals surface area contributed by atoms with E-state index in [1.54, 1.807) is 0 Å². The summed E-state index contributed by atoms with van der Waals surface area (Å²) in [4.78, 5) is 9.76. The molecule has 2 aromatic rings. The summed E-state index contributed by atoms with van der Waals surface area (Å²) in [6, 6.07) is 2.15. The van der Waals surface area contributed by atoms with Gasteiger partial charge in [0.2, 0.25) is 0 Å². The van der Waals surface area contributed by atoms with E-state index in [1.807, 2.05) is 6.20 Å². The minimum absolute atomic E-state index is 0.850. The molecule has 0 saturated heterocycles. The maximum Gasteiger partial charge on any atom is 0.112 e. The topological polar surface area (TPSA) is 51.8 Å². The monoisotopic (exact) mass is 353 g/mol. The van der Waals surface area contributed by atoms with E-state index in [9.17, 15) is 0 Å². The van der Waals surface area contributed by atoms with Crippen LogP contribution >= 0.6 is 0 Å². The van der Waals surface area contributed by atoms with E-state index in [1.165, 1.54) is 34.4 Å². The van der Waals surface area contributed by atoms with Crippen LogP contribution in [-0.2, 0) is 32.1 Å². The van der Waals surface area contributed by atoms with Crippen molar-refractivity contribution >= 4 is 5.69 Å². The van der Waals surface area contributed by atoms with Gasteiger partial charge in [0.25, 0.3) is 0 Å². The van der Waals surface area contributed by atoms with Crippen LogP contribution in [0.2, 0.25) is 0 Å². The quantitative estimate of drug-likeness (QED) is 0.628. The van der Waals surface area contributed by atoms with E-state index in [2.05, 4.69) is 40.7 Å². The zero-order valence-electron chi connectivity index (χ0n) is 17.3. The van der Waals surface area contributed by atoms with Crippen LogP contribution in [0.3, 0.4) is 0 Å². The van der Waals surface area contributed by atoms with E-state index in [0.717, 1.165) is 62.0 Å². The van der Waals surface area contributed by atoms with E-state index < -0.39 is 0 Å². The lowest BCUT2D eigenvalue weighted by atomic mass is 9.92. The SMILES string of the molecule is CCCCc1c(N)c(-c2nccc(CCC)c2CC)nc(CC)c1CC. The van der Waals surface area contributed by atoms with Gasteiger partial charge in [-0.15, -0.1) is 0 Å². The summed E-state index contributed by atoms with van der Waals surface area (Å²) in [5.74, 6) is 0. The molecule has 3 heteroatoms. The lowest BCUT2D eigenvalue weighted by molar-refractivity contribution is 0.781. The molecule has 3 nitrogen and oxygen atoms in total. The van der Waals surface area contributed by atoms with Gasteiger partial charge in [-0.05, 0) is 66.8 Å². The third-order valence-electron chi connectivity index (χ3n) is 5.26. The van der Waals surface area contributed by atoms with Crippen LogP contribution < -0.4 is 5.73 Å². The fourth-order valence-corrected chi connectivity index (χ4v) is 3.91. The fourth-order valence-electron chi connectivity index (χ4n) is 3.91. The maximum absolute atomic E-state index is 6.70. The summed E-state index contributed by atoms with van der Waals surface area (Å²) in [7, 11) is 0. The highest BCUT2D eigenvalue weighted by molar-refractivity contribution is 5.77. The molecule has 0 amide bonds. The molecule has 0 atom stereocenters. The van der Waals surface area contributed by atoms with Gasteiger partial charge in [-0.25, -0.2) is 4.98 Å². The van der Waals surface area contributed by atoms with Crippen molar-refractivity contribution in [2.24, 2.45) is 0 Å². The number of aromatic nitrogens is 2. The second-order valence-electron chi connectivity index (χ2n) is 6.99. The number of pyridine rings is 2. The Bertz CT molecular complexity index is 735. The van der Waals surface area contributed by atoms with Crippen LogP contribution in [0.5, 0.6) is 0 Å². The lowest BCUT2D eigenvalue weighted by Gasteiger charge is -2.20. The van der Waals surface area contributed by atoms with Crippen LogP contribution in [-0.4, -0.2) is 9.97 Å². The van der Waals surface area contributed by atoms with Gasteiger partial charge in [0.05, 0.1) is 11.4 Å². The summed E-state index contributed by atoms with van der Waals surface area (Å²) in [6.45, 7) is 11.1. The van der Waals surface area contributed by atoms with Crippen LogP contribution in [0.1, 0.15) is 81.8 Å². The summed E-state index contributed by atoms with van der Waals surface area (Å²) >= 11 is 0. The van der Waals surface area contributed by atoms with Gasteiger partial charge in [0, 0.05) is 11.9 Å². The van der Waals surface area contributed by atoms with Gasteiger partial charge in [-0.3, -0.25) is 4.98 Å². The number of nitrogens with zero attached hydrogens (tertiary/aromatic N) is 2. The van der Waals surface area contributed by atoms with Gasteiger partial charge < -0.3 is 5.73 Å². The second kappa shape index (κ2) is 9.70. The largest absolute Gasteiger partial charge is 0.397 e. The van der Waals surface area contributed by atoms with Crippen LogP contribution in [0.25, 0.3) is 11.4 Å². The number of hydrogen-bond donors (Lipinski definition) is 1. The van der Waals surface area contributed by atoms with Gasteiger partial charge in [0.15, 0.2) is 0 Å². The predicted octanol–water partition coefficient (Wildman–Crippen LogP) is 5.71. The van der Waals surface area contributed by atoms with Gasteiger partial charge in [0.1, 0.15) is 5.69 Å². The Balaban J connectivity index is 2.72. The number of nitrogens with two attached hydrogens (primary N) is 1. The lowest BCUT2D eigenvalue weighted by Crippen LogP contribution is -2.11. The van der Waals surface area contributed by atoms with Crippen molar-refractivity contribution in [3.8, 4) is 11.4 Å². The number of rotatable bonds is 9. The molecule has 2 aromatic heterocycles. The van der Waals surface area contributed by atoms with E-state index in [4.69, 9.17) is 15.7 Å². The van der Waals surface area contributed by atoms with Gasteiger partial charge in [-0.1, -0.05) is 47.5 Å². The molecule has 0 aromatic carbocycles. The van der Waals surface area contributed by atoms with Crippen molar-refractivity contribution < 1.29 is 0 Å². The molecule has 2 rings (SSSR count). The number of aryl methyl sites for hydroxylation is 2. The zero-order valence-corrected chi connectivity index (χ0v) is 17.3. The maximum atomic E-state index is 6.70. The van der Waals surface area contributed by atoms with Gasteiger partial charge >= 0.3 is 0 Å². The van der Waals surface area contributed by atoms with Crippen LogP contribution in [0.4, 0.5) is 5.69 Å². The molecule has 0 unspecified atom stereocenters. The highest BCUT2D eigenvalue weighted by atomic mass is 14.8. The summed E-state index contributed by atoms with van der Waals surface area (Å²) < 4.78 is 0. The first-order valence-electron chi connectivity index (χ1n) is 10.4. The number of nitrogen functional groups attached to an aromatic ring is 1. The molecule has 2 heterocycles. The highest BCUT2D eigenvalue weighted by Gasteiger charge is 2.20. The number of hydrogen-bond acceptors (Lipinski definition) is 3. The normalized spacial score (nSPS) is 11.1. The van der Waals surface area contributed by atoms with Crippen molar-refractivity contribution in [3.05, 3.63) is 40.2 Å². The molecule has 0 saturated carbocycles. The Morgan fingerprint density at radius 1 is 0.808 bits per heavy atom. The van der Waals surface area contributed by atoms with Crippen LogP contribution in [0.15, 0.2) is 12.3 Å². The molecule has 0 aliphatic rings. The first kappa shape index (κ1) is 20.4. The third-order valence-corrected chi connectivity index (χ3v) is 5.26. The van der Waals surface area contributed by atoms with E-state index in [0.29, 0.717) is 0 Å². The number of anilines is 1. The third kappa shape index (κ3) is 4.08. The molecule has 0 bridgehead atoms. The Hall–Kier alpha value is -1.90. The Kier molecular flexibility index (Phi) is 7.62. The Morgan fingerprint density at radius 3 is 2.12 bits per heavy atom. The summed E-state index contributed by atoms with van der Waals surface area (Å²) in [5.41, 5.74) is 16.0. The van der Waals surface area contributed by atoms with Gasteiger partial charge in [-0.2, -0.15) is 0 Å². The van der Waals surface area contributed by atoms with E-state index >= 15 is 0 Å². The van der Waals surface area contributed by atoms with Crippen molar-refractivity contribution in [3.63, 3.8) is 0 Å². The summed E-state index contributed by atoms with van der Waals surface area (Å²) in [5, 5.41) is 0. The minimum atomic E-state index is 0.850. The average molecular weight is 354 g/mol. The molecular weight excluding hydrogens is 318 g/mol. The minimum Gasteiger partial charge on any atom is -0.397 e. The average Bonchev–Trinajstić information content (AvgIpc) is 2.66. The molecule has 0 fully saturated rings. The highest BCUT2D eigenvalue weighted by Crippen LogP contribution is 2.34. The van der Waals surface area contributed by atoms with Crippen molar-refractivity contribution in [2.75, 3.05) is 5.73 Å². The van der Waals surface area contributed by atoms with E-state index in [-0.39, 0.29) is 0 Å².